The van der Waals surface area contributed by atoms with Gasteiger partial charge in [-0.2, -0.15) is 5.10 Å². The fourth-order valence-electron chi connectivity index (χ4n) is 1.11. The van der Waals surface area contributed by atoms with E-state index in [-0.39, 0.29) is 6.61 Å². The molecule has 1 rings (SSSR count). The van der Waals surface area contributed by atoms with Crippen LogP contribution in [0, 0.1) is 0 Å². The van der Waals surface area contributed by atoms with Gasteiger partial charge in [0.2, 0.25) is 0 Å². The molecule has 0 spiro atoms. The first kappa shape index (κ1) is 10.1. The first-order valence-electron chi connectivity index (χ1n) is 4.35. The molecule has 0 radical (unpaired) electrons. The Labute approximate surface area is 77.4 Å². The third kappa shape index (κ3) is 3.12. The summed E-state index contributed by atoms with van der Waals surface area (Å²) in [6.07, 6.45) is 3.45. The molecule has 5 heteroatoms. The molecule has 1 heterocycles. The average Bonchev–Trinajstić information content (AvgIpc) is 2.60. The van der Waals surface area contributed by atoms with E-state index in [1.165, 1.54) is 6.33 Å². The van der Waals surface area contributed by atoms with E-state index in [1.54, 1.807) is 11.8 Å². The van der Waals surface area contributed by atoms with Gasteiger partial charge in [-0.3, -0.25) is 0 Å². The zero-order valence-electron chi connectivity index (χ0n) is 7.81. The van der Waals surface area contributed by atoms with Crippen LogP contribution in [-0.4, -0.2) is 33.6 Å². The van der Waals surface area contributed by atoms with Crippen LogP contribution in [-0.2, 0) is 17.9 Å². The number of aliphatic hydroxyl groups excluding tert-OH is 1. The van der Waals surface area contributed by atoms with E-state index >= 15 is 0 Å². The van der Waals surface area contributed by atoms with Gasteiger partial charge in [-0.25, -0.2) is 9.67 Å². The quantitative estimate of drug-likeness (QED) is 0.643. The molecule has 0 aromatic carbocycles. The Hall–Kier alpha value is -0.940. The van der Waals surface area contributed by atoms with Gasteiger partial charge in [0, 0.05) is 20.3 Å². The van der Waals surface area contributed by atoms with Gasteiger partial charge in [-0.15, -0.1) is 0 Å². The zero-order valence-corrected chi connectivity index (χ0v) is 7.81. The average molecular weight is 185 g/mol. The highest BCUT2D eigenvalue weighted by Gasteiger charge is 2.00. The second-order valence-electron chi connectivity index (χ2n) is 2.76. The van der Waals surface area contributed by atoms with Crippen LogP contribution >= 0.6 is 0 Å². The van der Waals surface area contributed by atoms with Crippen LogP contribution in [0.4, 0.5) is 0 Å². The number of unbranched alkanes of at least 4 members (excludes halogenated alkanes) is 1. The lowest BCUT2D eigenvalue weighted by Crippen LogP contribution is -2.06. The Morgan fingerprint density at radius 1 is 1.54 bits per heavy atom. The number of nitrogens with zero attached hydrogens (tertiary/aromatic N) is 3. The van der Waals surface area contributed by atoms with Crippen molar-refractivity contribution in [1.29, 1.82) is 0 Å². The van der Waals surface area contributed by atoms with Gasteiger partial charge in [0.05, 0.1) is 0 Å². The molecule has 0 aliphatic heterocycles. The van der Waals surface area contributed by atoms with E-state index in [9.17, 15) is 0 Å². The summed E-state index contributed by atoms with van der Waals surface area (Å²) in [6, 6.07) is 0. The Kier molecular flexibility index (Phi) is 4.42. The highest BCUT2D eigenvalue weighted by atomic mass is 16.5. The van der Waals surface area contributed by atoms with Gasteiger partial charge in [0.15, 0.2) is 5.82 Å². The number of rotatable bonds is 6. The number of aliphatic hydroxyl groups is 1. The van der Waals surface area contributed by atoms with E-state index in [2.05, 4.69) is 10.1 Å². The monoisotopic (exact) mass is 185 g/mol. The molecule has 0 aliphatic rings. The molecule has 1 aromatic heterocycles. The maximum absolute atomic E-state index is 8.86. The van der Waals surface area contributed by atoms with Crippen LogP contribution < -0.4 is 0 Å². The standard InChI is InChI=1S/C8H15N3O2/c1-13-5-3-2-4-11-8(6-12)9-7-10-11/h7,12H,2-6H2,1H3. The van der Waals surface area contributed by atoms with Crippen LogP contribution in [0.1, 0.15) is 18.7 Å². The molecule has 0 saturated carbocycles. The fraction of sp³-hybridized carbons (Fsp3) is 0.750. The summed E-state index contributed by atoms with van der Waals surface area (Å²) in [5.41, 5.74) is 0. The Bertz CT molecular complexity index is 237. The molecule has 0 unspecified atom stereocenters. The fourth-order valence-corrected chi connectivity index (χ4v) is 1.11. The third-order valence-electron chi connectivity index (χ3n) is 1.81. The molecule has 5 nitrogen and oxygen atoms in total. The summed E-state index contributed by atoms with van der Waals surface area (Å²) >= 11 is 0. The normalized spacial score (nSPS) is 10.6. The van der Waals surface area contributed by atoms with Gasteiger partial charge in [0.25, 0.3) is 0 Å². The number of hydrogen-bond acceptors (Lipinski definition) is 4. The minimum absolute atomic E-state index is 0.0513. The molecule has 0 atom stereocenters. The first-order valence-corrected chi connectivity index (χ1v) is 4.35. The van der Waals surface area contributed by atoms with E-state index in [0.717, 1.165) is 26.0 Å². The molecule has 0 fully saturated rings. The number of aromatic nitrogens is 3. The second-order valence-corrected chi connectivity index (χ2v) is 2.76. The van der Waals surface area contributed by atoms with Crippen molar-refractivity contribution in [3.63, 3.8) is 0 Å². The number of hydrogen-bond donors (Lipinski definition) is 1. The number of methoxy groups -OCH3 is 1. The summed E-state index contributed by atoms with van der Waals surface area (Å²) in [4.78, 5) is 3.90. The van der Waals surface area contributed by atoms with E-state index in [4.69, 9.17) is 9.84 Å². The third-order valence-corrected chi connectivity index (χ3v) is 1.81. The molecule has 0 bridgehead atoms. The van der Waals surface area contributed by atoms with E-state index in [0.29, 0.717) is 5.82 Å². The smallest absolute Gasteiger partial charge is 0.152 e. The lowest BCUT2D eigenvalue weighted by atomic mass is 10.3. The van der Waals surface area contributed by atoms with Gasteiger partial charge in [0.1, 0.15) is 12.9 Å². The van der Waals surface area contributed by atoms with Crippen molar-refractivity contribution in [2.75, 3.05) is 13.7 Å². The zero-order chi connectivity index (χ0) is 9.52. The lowest BCUT2D eigenvalue weighted by Gasteiger charge is -2.03. The molecule has 0 saturated heterocycles. The van der Waals surface area contributed by atoms with Crippen LogP contribution in [0.2, 0.25) is 0 Å². The summed E-state index contributed by atoms with van der Waals surface area (Å²) < 4.78 is 6.64. The number of aryl methyl sites for hydroxylation is 1. The molecular weight excluding hydrogens is 170 g/mol. The first-order chi connectivity index (χ1) is 6.38. The van der Waals surface area contributed by atoms with Crippen molar-refractivity contribution in [3.05, 3.63) is 12.2 Å². The minimum Gasteiger partial charge on any atom is -0.388 e. The van der Waals surface area contributed by atoms with Crippen molar-refractivity contribution in [1.82, 2.24) is 14.8 Å². The molecule has 74 valence electrons. The summed E-state index contributed by atoms with van der Waals surface area (Å²) in [7, 11) is 1.69. The van der Waals surface area contributed by atoms with Crippen LogP contribution in [0.15, 0.2) is 6.33 Å². The predicted molar refractivity (Wildman–Crippen MR) is 47.1 cm³/mol. The summed E-state index contributed by atoms with van der Waals surface area (Å²) in [6.45, 7) is 1.51. The van der Waals surface area contributed by atoms with Crippen molar-refractivity contribution in [3.8, 4) is 0 Å². The van der Waals surface area contributed by atoms with Gasteiger partial charge in [-0.05, 0) is 12.8 Å². The second kappa shape index (κ2) is 5.66. The maximum Gasteiger partial charge on any atom is 0.152 e. The SMILES string of the molecule is COCCCCn1ncnc1CO. The molecule has 0 aliphatic carbocycles. The maximum atomic E-state index is 8.86. The highest BCUT2D eigenvalue weighted by molar-refractivity contribution is 4.80. The topological polar surface area (TPSA) is 60.2 Å². The highest BCUT2D eigenvalue weighted by Crippen LogP contribution is 1.98. The predicted octanol–water partition coefficient (Wildman–Crippen LogP) is 0.197. The summed E-state index contributed by atoms with van der Waals surface area (Å²) in [5, 5.41) is 12.9. The molecular formula is C8H15N3O2. The van der Waals surface area contributed by atoms with Crippen LogP contribution in [0.3, 0.4) is 0 Å². The Morgan fingerprint density at radius 2 is 2.38 bits per heavy atom. The van der Waals surface area contributed by atoms with Gasteiger partial charge < -0.3 is 9.84 Å². The molecule has 1 N–H and O–H groups in total. The Balaban J connectivity index is 2.27. The van der Waals surface area contributed by atoms with Crippen LogP contribution in [0.5, 0.6) is 0 Å². The van der Waals surface area contributed by atoms with E-state index < -0.39 is 0 Å². The van der Waals surface area contributed by atoms with Crippen LogP contribution in [0.25, 0.3) is 0 Å². The molecule has 13 heavy (non-hydrogen) atoms. The lowest BCUT2D eigenvalue weighted by molar-refractivity contribution is 0.190. The largest absolute Gasteiger partial charge is 0.388 e. The van der Waals surface area contributed by atoms with Crippen molar-refractivity contribution in [2.45, 2.75) is 26.0 Å². The van der Waals surface area contributed by atoms with E-state index in [1.807, 2.05) is 0 Å². The number of ether oxygens (including phenoxy) is 1. The molecule has 0 amide bonds. The van der Waals surface area contributed by atoms with Crippen molar-refractivity contribution >= 4 is 0 Å². The summed E-state index contributed by atoms with van der Waals surface area (Å²) in [5.74, 6) is 0.623. The van der Waals surface area contributed by atoms with Crippen molar-refractivity contribution in [2.24, 2.45) is 0 Å². The Morgan fingerprint density at radius 3 is 3.08 bits per heavy atom. The van der Waals surface area contributed by atoms with Gasteiger partial charge in [-0.1, -0.05) is 0 Å². The molecule has 1 aromatic rings. The van der Waals surface area contributed by atoms with Gasteiger partial charge >= 0.3 is 0 Å². The van der Waals surface area contributed by atoms with Crippen molar-refractivity contribution < 1.29 is 9.84 Å². The minimum atomic E-state index is -0.0513.